The van der Waals surface area contributed by atoms with Crippen molar-refractivity contribution in [1.82, 2.24) is 19.7 Å². The second-order valence-corrected chi connectivity index (χ2v) is 7.22. The number of ether oxygens (including phenoxy) is 1. The van der Waals surface area contributed by atoms with Crippen molar-refractivity contribution in [3.63, 3.8) is 0 Å². The molecule has 0 fully saturated rings. The molecule has 0 aliphatic heterocycles. The number of anilines is 1. The Kier molecular flexibility index (Phi) is 6.72. The predicted octanol–water partition coefficient (Wildman–Crippen LogP) is 3.24. The van der Waals surface area contributed by atoms with E-state index in [2.05, 4.69) is 20.5 Å². The molecule has 1 aromatic carbocycles. The highest BCUT2D eigenvalue weighted by atomic mass is 32.2. The molecule has 7 nitrogen and oxygen atoms in total. The van der Waals surface area contributed by atoms with E-state index >= 15 is 0 Å². The van der Waals surface area contributed by atoms with Crippen LogP contribution in [0.4, 0.5) is 10.1 Å². The van der Waals surface area contributed by atoms with Crippen molar-refractivity contribution in [1.29, 1.82) is 0 Å². The summed E-state index contributed by atoms with van der Waals surface area (Å²) < 4.78 is 20.9. The minimum absolute atomic E-state index is 0.151. The van der Waals surface area contributed by atoms with Crippen LogP contribution in [0, 0.1) is 5.82 Å². The number of pyridine rings is 1. The van der Waals surface area contributed by atoms with Gasteiger partial charge in [0.05, 0.1) is 24.1 Å². The topological polar surface area (TPSA) is 81.9 Å². The van der Waals surface area contributed by atoms with E-state index in [1.54, 1.807) is 38.6 Å². The van der Waals surface area contributed by atoms with Crippen molar-refractivity contribution >= 4 is 23.4 Å². The zero-order chi connectivity index (χ0) is 19.9. The zero-order valence-corrected chi connectivity index (χ0v) is 16.3. The Morgan fingerprint density at radius 2 is 2.00 bits per heavy atom. The lowest BCUT2D eigenvalue weighted by molar-refractivity contribution is -0.115. The van der Waals surface area contributed by atoms with Gasteiger partial charge in [0.2, 0.25) is 5.91 Å². The minimum Gasteiger partial charge on any atom is -0.383 e. The fourth-order valence-corrected chi connectivity index (χ4v) is 3.36. The number of halogens is 1. The van der Waals surface area contributed by atoms with Gasteiger partial charge in [0, 0.05) is 25.1 Å². The van der Waals surface area contributed by atoms with E-state index in [0.717, 1.165) is 5.56 Å². The third-order valence-corrected chi connectivity index (χ3v) is 5.04. The lowest BCUT2D eigenvalue weighted by Gasteiger charge is -2.14. The Bertz CT molecular complexity index is 935. The monoisotopic (exact) mass is 401 g/mol. The summed E-state index contributed by atoms with van der Waals surface area (Å²) in [4.78, 5) is 16.5. The zero-order valence-electron chi connectivity index (χ0n) is 15.5. The van der Waals surface area contributed by atoms with E-state index in [1.807, 2.05) is 16.7 Å². The quantitative estimate of drug-likeness (QED) is 0.584. The third-order valence-electron chi connectivity index (χ3n) is 3.96. The number of aromatic nitrogens is 4. The van der Waals surface area contributed by atoms with Crippen molar-refractivity contribution in [2.24, 2.45) is 0 Å². The number of nitrogens with zero attached hydrogens (tertiary/aromatic N) is 4. The van der Waals surface area contributed by atoms with Crippen LogP contribution in [0.3, 0.4) is 0 Å². The molecule has 0 bridgehead atoms. The molecule has 2 aromatic heterocycles. The summed E-state index contributed by atoms with van der Waals surface area (Å²) in [7, 11) is 1.62. The molecule has 1 unspecified atom stereocenters. The molecule has 0 aliphatic rings. The van der Waals surface area contributed by atoms with E-state index in [-0.39, 0.29) is 11.6 Å². The molecular formula is C19H20FN5O2S. The molecule has 0 radical (unpaired) electrons. The number of benzene rings is 1. The van der Waals surface area contributed by atoms with Crippen LogP contribution in [0.5, 0.6) is 0 Å². The van der Waals surface area contributed by atoms with Gasteiger partial charge in [0.15, 0.2) is 11.0 Å². The molecule has 3 aromatic rings. The molecular weight excluding hydrogens is 381 g/mol. The molecule has 0 saturated heterocycles. The summed E-state index contributed by atoms with van der Waals surface area (Å²) >= 11 is 1.25. The van der Waals surface area contributed by atoms with Gasteiger partial charge in [-0.3, -0.25) is 14.3 Å². The second kappa shape index (κ2) is 9.43. The second-order valence-electron chi connectivity index (χ2n) is 5.92. The first-order valence-electron chi connectivity index (χ1n) is 8.64. The molecule has 1 amide bonds. The number of carbonyl (C=O) groups excluding carboxylic acids is 1. The van der Waals surface area contributed by atoms with Crippen LogP contribution in [0.25, 0.3) is 11.4 Å². The summed E-state index contributed by atoms with van der Waals surface area (Å²) in [5, 5.41) is 11.2. The summed E-state index contributed by atoms with van der Waals surface area (Å²) in [5.74, 6) is -0.123. The molecule has 9 heteroatoms. The molecule has 146 valence electrons. The summed E-state index contributed by atoms with van der Waals surface area (Å²) in [6.07, 6.45) is 3.37. The Balaban J connectivity index is 1.78. The molecule has 0 saturated carbocycles. The van der Waals surface area contributed by atoms with Crippen molar-refractivity contribution in [3.05, 3.63) is 54.6 Å². The lowest BCUT2D eigenvalue weighted by Crippen LogP contribution is -2.23. The maximum Gasteiger partial charge on any atom is 0.237 e. The number of nitrogens with one attached hydrogen (secondary N) is 1. The highest BCUT2D eigenvalue weighted by Gasteiger charge is 2.21. The van der Waals surface area contributed by atoms with Crippen molar-refractivity contribution in [2.45, 2.75) is 23.9 Å². The van der Waals surface area contributed by atoms with Crippen LogP contribution >= 0.6 is 11.8 Å². The van der Waals surface area contributed by atoms with E-state index in [9.17, 15) is 9.18 Å². The maximum atomic E-state index is 13.8. The molecule has 2 heterocycles. The highest BCUT2D eigenvalue weighted by molar-refractivity contribution is 8.00. The standard InChI is InChI=1S/C19H20FN5O2S/c1-13(18(26)22-16-6-4-3-5-15(16)20)28-19-24-23-17(25(19)11-12-27-2)14-7-9-21-10-8-14/h3-10,13H,11-12H2,1-2H3,(H,22,26). The number of rotatable bonds is 8. The molecule has 3 rings (SSSR count). The Morgan fingerprint density at radius 3 is 2.71 bits per heavy atom. The van der Waals surface area contributed by atoms with E-state index in [0.29, 0.717) is 24.1 Å². The molecule has 0 spiro atoms. The molecule has 1 N–H and O–H groups in total. The summed E-state index contributed by atoms with van der Waals surface area (Å²) in [6, 6.07) is 9.75. The fourth-order valence-electron chi connectivity index (χ4n) is 2.48. The first-order chi connectivity index (χ1) is 13.6. The molecule has 1 atom stereocenters. The van der Waals surface area contributed by atoms with Crippen LogP contribution in [-0.2, 0) is 16.1 Å². The maximum absolute atomic E-state index is 13.8. The third kappa shape index (κ3) is 4.73. The Labute approximate surface area is 166 Å². The van der Waals surface area contributed by atoms with Crippen LogP contribution in [0.15, 0.2) is 53.9 Å². The minimum atomic E-state index is -0.504. The first-order valence-corrected chi connectivity index (χ1v) is 9.52. The van der Waals surface area contributed by atoms with Gasteiger partial charge in [-0.1, -0.05) is 23.9 Å². The van der Waals surface area contributed by atoms with Crippen LogP contribution < -0.4 is 5.32 Å². The van der Waals surface area contributed by atoms with Gasteiger partial charge < -0.3 is 10.1 Å². The van der Waals surface area contributed by atoms with Gasteiger partial charge in [-0.25, -0.2) is 4.39 Å². The molecule has 0 aliphatic carbocycles. The van der Waals surface area contributed by atoms with E-state index < -0.39 is 11.1 Å². The van der Waals surface area contributed by atoms with Gasteiger partial charge in [-0.2, -0.15) is 0 Å². The van der Waals surface area contributed by atoms with Gasteiger partial charge in [0.25, 0.3) is 0 Å². The number of methoxy groups -OCH3 is 1. The number of amides is 1. The van der Waals surface area contributed by atoms with Crippen molar-refractivity contribution in [3.8, 4) is 11.4 Å². The number of hydrogen-bond acceptors (Lipinski definition) is 6. The number of hydrogen-bond donors (Lipinski definition) is 1. The largest absolute Gasteiger partial charge is 0.383 e. The highest BCUT2D eigenvalue weighted by Crippen LogP contribution is 2.27. The van der Waals surface area contributed by atoms with Gasteiger partial charge in [-0.15, -0.1) is 10.2 Å². The van der Waals surface area contributed by atoms with Crippen LogP contribution in [0.2, 0.25) is 0 Å². The van der Waals surface area contributed by atoms with Crippen LogP contribution in [0.1, 0.15) is 6.92 Å². The number of carbonyl (C=O) groups is 1. The summed E-state index contributed by atoms with van der Waals surface area (Å²) in [6.45, 7) is 2.74. The average molecular weight is 401 g/mol. The Hall–Kier alpha value is -2.78. The van der Waals surface area contributed by atoms with Gasteiger partial charge in [-0.05, 0) is 31.2 Å². The smallest absolute Gasteiger partial charge is 0.237 e. The molecule has 28 heavy (non-hydrogen) atoms. The first kappa shape index (κ1) is 20.0. The van der Waals surface area contributed by atoms with Gasteiger partial charge >= 0.3 is 0 Å². The van der Waals surface area contributed by atoms with Crippen LogP contribution in [-0.4, -0.2) is 44.6 Å². The normalized spacial score (nSPS) is 12.0. The summed E-state index contributed by atoms with van der Waals surface area (Å²) in [5.41, 5.74) is 1.02. The lowest BCUT2D eigenvalue weighted by atomic mass is 10.2. The number of para-hydroxylation sites is 1. The van der Waals surface area contributed by atoms with Crippen molar-refractivity contribution < 1.29 is 13.9 Å². The Morgan fingerprint density at radius 1 is 1.25 bits per heavy atom. The van der Waals surface area contributed by atoms with Crippen molar-refractivity contribution in [2.75, 3.05) is 19.0 Å². The SMILES string of the molecule is COCCn1c(SC(C)C(=O)Nc2ccccc2F)nnc1-c1ccncc1. The number of thioether (sulfide) groups is 1. The fraction of sp³-hybridized carbons (Fsp3) is 0.263. The van der Waals surface area contributed by atoms with E-state index in [4.69, 9.17) is 4.74 Å². The van der Waals surface area contributed by atoms with E-state index in [1.165, 1.54) is 23.9 Å². The predicted molar refractivity (Wildman–Crippen MR) is 105 cm³/mol. The van der Waals surface area contributed by atoms with Gasteiger partial charge in [0.1, 0.15) is 5.82 Å². The average Bonchev–Trinajstić information content (AvgIpc) is 3.11.